The van der Waals surface area contributed by atoms with E-state index < -0.39 is 21.7 Å². The molecule has 120 valence electrons. The third-order valence-corrected chi connectivity index (χ3v) is 5.28. The molecule has 2 aromatic heterocycles. The van der Waals surface area contributed by atoms with Crippen LogP contribution in [0.5, 0.6) is 0 Å². The highest BCUT2D eigenvalue weighted by molar-refractivity contribution is 7.91. The van der Waals surface area contributed by atoms with E-state index in [1.165, 1.54) is 0 Å². The minimum Gasteiger partial charge on any atom is -0.370 e. The van der Waals surface area contributed by atoms with E-state index in [0.717, 1.165) is 16.9 Å². The van der Waals surface area contributed by atoms with Crippen molar-refractivity contribution in [3.05, 3.63) is 18.1 Å². The van der Waals surface area contributed by atoms with Gasteiger partial charge in [0, 0.05) is 12.6 Å². The monoisotopic (exact) mass is 335 g/mol. The van der Waals surface area contributed by atoms with E-state index in [1.807, 2.05) is 0 Å². The molecule has 0 aliphatic carbocycles. The third-order valence-electron chi connectivity index (χ3n) is 3.44. The molecule has 0 bridgehead atoms. The minimum absolute atomic E-state index is 0.0394. The van der Waals surface area contributed by atoms with Crippen molar-refractivity contribution in [2.24, 2.45) is 5.92 Å². The molecule has 2 aromatic rings. The molecule has 0 spiro atoms. The summed E-state index contributed by atoms with van der Waals surface area (Å²) in [4.78, 5) is 7.06. The molecule has 0 saturated carbocycles. The molecule has 0 radical (unpaired) electrons. The summed E-state index contributed by atoms with van der Waals surface area (Å²) >= 11 is 0. The highest BCUT2D eigenvalue weighted by Gasteiger charge is 2.34. The van der Waals surface area contributed by atoms with E-state index in [9.17, 15) is 21.6 Å². The van der Waals surface area contributed by atoms with Crippen molar-refractivity contribution in [2.75, 3.05) is 23.4 Å². The lowest BCUT2D eigenvalue weighted by atomic mass is 10.1. The smallest absolute Gasteiger partial charge is 0.370 e. The molecule has 1 N–H and O–H groups in total. The van der Waals surface area contributed by atoms with Gasteiger partial charge in [0.15, 0.2) is 15.5 Å². The van der Waals surface area contributed by atoms with Crippen molar-refractivity contribution in [3.63, 3.8) is 0 Å². The van der Waals surface area contributed by atoms with Crippen LogP contribution in [-0.2, 0) is 16.0 Å². The summed E-state index contributed by atoms with van der Waals surface area (Å²) in [6.07, 6.45) is -3.00. The molecule has 1 fully saturated rings. The SMILES string of the molecule is O=S1(=O)CC[C@H](CNc2cc(C(F)(F)F)nc3ncnn23)C1. The second-order valence-corrected chi connectivity index (χ2v) is 7.37. The maximum absolute atomic E-state index is 12.8. The number of nitrogens with one attached hydrogen (secondary N) is 1. The van der Waals surface area contributed by atoms with E-state index in [0.29, 0.717) is 6.42 Å². The van der Waals surface area contributed by atoms with Crippen LogP contribution in [0.3, 0.4) is 0 Å². The van der Waals surface area contributed by atoms with Gasteiger partial charge >= 0.3 is 6.18 Å². The van der Waals surface area contributed by atoms with E-state index in [2.05, 4.69) is 20.4 Å². The van der Waals surface area contributed by atoms with Gasteiger partial charge in [-0.25, -0.2) is 13.4 Å². The Kier molecular flexibility index (Phi) is 3.46. The second-order valence-electron chi connectivity index (χ2n) is 5.15. The van der Waals surface area contributed by atoms with Gasteiger partial charge in [0.25, 0.3) is 5.78 Å². The Labute approximate surface area is 123 Å². The average Bonchev–Trinajstić information content (AvgIpc) is 3.00. The highest BCUT2D eigenvalue weighted by Crippen LogP contribution is 2.29. The van der Waals surface area contributed by atoms with Gasteiger partial charge in [-0.1, -0.05) is 0 Å². The van der Waals surface area contributed by atoms with Crippen LogP contribution in [0.4, 0.5) is 19.0 Å². The summed E-state index contributed by atoms with van der Waals surface area (Å²) < 4.78 is 62.4. The summed E-state index contributed by atoms with van der Waals surface area (Å²) in [5, 5.41) is 6.63. The number of fused-ring (bicyclic) bond motifs is 1. The Morgan fingerprint density at radius 2 is 2.18 bits per heavy atom. The van der Waals surface area contributed by atoms with Crippen molar-refractivity contribution in [1.82, 2.24) is 19.6 Å². The molecule has 0 aromatic carbocycles. The summed E-state index contributed by atoms with van der Waals surface area (Å²) in [6, 6.07) is 0.838. The van der Waals surface area contributed by atoms with Crippen LogP contribution < -0.4 is 5.32 Å². The molecule has 1 aliphatic rings. The quantitative estimate of drug-likeness (QED) is 0.900. The first-order valence-corrected chi connectivity index (χ1v) is 8.29. The van der Waals surface area contributed by atoms with Crippen LogP contribution in [0.25, 0.3) is 5.78 Å². The van der Waals surface area contributed by atoms with Crippen LogP contribution >= 0.6 is 0 Å². The fraction of sp³-hybridized carbons (Fsp3) is 0.545. The molecule has 1 saturated heterocycles. The molecule has 11 heteroatoms. The fourth-order valence-corrected chi connectivity index (χ4v) is 4.23. The Morgan fingerprint density at radius 1 is 1.41 bits per heavy atom. The van der Waals surface area contributed by atoms with Gasteiger partial charge in [-0.2, -0.15) is 27.8 Å². The van der Waals surface area contributed by atoms with E-state index in [1.54, 1.807) is 0 Å². The molecule has 7 nitrogen and oxygen atoms in total. The first-order chi connectivity index (χ1) is 10.2. The fourth-order valence-electron chi connectivity index (χ4n) is 2.37. The number of hydrogen-bond acceptors (Lipinski definition) is 6. The molecule has 3 heterocycles. The van der Waals surface area contributed by atoms with E-state index in [4.69, 9.17) is 0 Å². The number of sulfone groups is 1. The lowest BCUT2D eigenvalue weighted by Gasteiger charge is -2.13. The predicted octanol–water partition coefficient (Wildman–Crippen LogP) is 0.990. The molecule has 0 unspecified atom stereocenters. The van der Waals surface area contributed by atoms with Gasteiger partial charge in [-0.3, -0.25) is 0 Å². The number of rotatable bonds is 3. The van der Waals surface area contributed by atoms with Crippen molar-refractivity contribution in [2.45, 2.75) is 12.6 Å². The molecular weight excluding hydrogens is 323 g/mol. The first kappa shape index (κ1) is 15.0. The average molecular weight is 335 g/mol. The normalized spacial score (nSPS) is 21.3. The predicted molar refractivity (Wildman–Crippen MR) is 71.0 cm³/mol. The third kappa shape index (κ3) is 2.98. The van der Waals surface area contributed by atoms with Crippen LogP contribution in [0.2, 0.25) is 0 Å². The zero-order valence-corrected chi connectivity index (χ0v) is 12.0. The minimum atomic E-state index is -4.60. The van der Waals surface area contributed by atoms with Gasteiger partial charge in [0.05, 0.1) is 11.5 Å². The van der Waals surface area contributed by atoms with Gasteiger partial charge in [0.2, 0.25) is 0 Å². The largest absolute Gasteiger partial charge is 0.433 e. The number of halogens is 3. The maximum Gasteiger partial charge on any atom is 0.433 e. The van der Waals surface area contributed by atoms with Crippen LogP contribution in [-0.4, -0.2) is 46.1 Å². The van der Waals surface area contributed by atoms with Gasteiger partial charge in [0.1, 0.15) is 12.1 Å². The summed E-state index contributed by atoms with van der Waals surface area (Å²) in [5.41, 5.74) is -1.07. The molecule has 1 aliphatic heterocycles. The van der Waals surface area contributed by atoms with Crippen molar-refractivity contribution in [1.29, 1.82) is 0 Å². The molecule has 3 rings (SSSR count). The van der Waals surface area contributed by atoms with Crippen LogP contribution in [0.15, 0.2) is 12.4 Å². The first-order valence-electron chi connectivity index (χ1n) is 6.47. The van der Waals surface area contributed by atoms with E-state index >= 15 is 0 Å². The Bertz CT molecular complexity index is 802. The zero-order chi connectivity index (χ0) is 16.0. The molecule has 1 atom stereocenters. The number of anilines is 1. The lowest BCUT2D eigenvalue weighted by Crippen LogP contribution is -2.19. The molecular formula is C11H12F3N5O2S. The Balaban J connectivity index is 1.85. The van der Waals surface area contributed by atoms with Crippen LogP contribution in [0.1, 0.15) is 12.1 Å². The van der Waals surface area contributed by atoms with Gasteiger partial charge in [-0.15, -0.1) is 0 Å². The summed E-state index contributed by atoms with van der Waals surface area (Å²) in [5.74, 6) is -0.0681. The molecule has 22 heavy (non-hydrogen) atoms. The van der Waals surface area contributed by atoms with Gasteiger partial charge < -0.3 is 5.32 Å². The number of alkyl halides is 3. The van der Waals surface area contributed by atoms with Crippen molar-refractivity contribution in [3.8, 4) is 0 Å². The molecule has 0 amide bonds. The zero-order valence-electron chi connectivity index (χ0n) is 11.2. The van der Waals surface area contributed by atoms with Crippen LogP contribution in [0, 0.1) is 5.92 Å². The standard InChI is InChI=1S/C11H12F3N5O2S/c12-11(13,14)8-3-9(19-10(18-8)16-6-17-19)15-4-7-1-2-22(20,21)5-7/h3,6-7,15H,1-2,4-5H2/t7-/m1/s1. The van der Waals surface area contributed by atoms with E-state index in [-0.39, 0.29) is 35.6 Å². The Morgan fingerprint density at radius 3 is 2.82 bits per heavy atom. The Hall–Kier alpha value is -1.91. The second kappa shape index (κ2) is 5.07. The van der Waals surface area contributed by atoms with Gasteiger partial charge in [-0.05, 0) is 12.3 Å². The van der Waals surface area contributed by atoms with Crippen molar-refractivity contribution >= 4 is 21.4 Å². The number of aromatic nitrogens is 4. The highest BCUT2D eigenvalue weighted by atomic mass is 32.2. The lowest BCUT2D eigenvalue weighted by molar-refractivity contribution is -0.141. The number of nitrogens with zero attached hydrogens (tertiary/aromatic N) is 4. The topological polar surface area (TPSA) is 89.2 Å². The van der Waals surface area contributed by atoms with Crippen molar-refractivity contribution < 1.29 is 21.6 Å². The summed E-state index contributed by atoms with van der Waals surface area (Å²) in [6.45, 7) is 0.246. The number of hydrogen-bond donors (Lipinski definition) is 1. The maximum atomic E-state index is 12.8. The summed E-state index contributed by atoms with van der Waals surface area (Å²) in [7, 11) is -3.03.